The zero-order chi connectivity index (χ0) is 16.2. The molecule has 0 aliphatic heterocycles. The number of fused-ring (bicyclic) bond motifs is 1. The van der Waals surface area contributed by atoms with Gasteiger partial charge in [-0.2, -0.15) is 0 Å². The Morgan fingerprint density at radius 1 is 1.22 bits per heavy atom. The summed E-state index contributed by atoms with van der Waals surface area (Å²) in [5.41, 5.74) is 2.77. The van der Waals surface area contributed by atoms with Crippen LogP contribution in [0.2, 0.25) is 0 Å². The van der Waals surface area contributed by atoms with Crippen molar-refractivity contribution in [2.45, 2.75) is 13.8 Å². The Labute approximate surface area is 134 Å². The van der Waals surface area contributed by atoms with Crippen molar-refractivity contribution in [3.05, 3.63) is 60.0 Å². The summed E-state index contributed by atoms with van der Waals surface area (Å²) < 4.78 is 5.39. The van der Waals surface area contributed by atoms with Crippen LogP contribution in [-0.4, -0.2) is 22.5 Å². The number of anilines is 1. The lowest BCUT2D eigenvalue weighted by Crippen LogP contribution is -2.14. The van der Waals surface area contributed by atoms with E-state index >= 15 is 0 Å². The van der Waals surface area contributed by atoms with Crippen LogP contribution in [0.25, 0.3) is 10.9 Å². The van der Waals surface area contributed by atoms with Crippen LogP contribution in [0.3, 0.4) is 0 Å². The molecule has 0 aliphatic rings. The van der Waals surface area contributed by atoms with E-state index in [4.69, 9.17) is 4.74 Å². The molecule has 0 saturated heterocycles. The first-order valence-electron chi connectivity index (χ1n) is 7.43. The summed E-state index contributed by atoms with van der Waals surface area (Å²) >= 11 is 0. The molecule has 0 atom stereocenters. The maximum Gasteiger partial charge on any atom is 0.257 e. The molecule has 0 radical (unpaired) electrons. The van der Waals surface area contributed by atoms with E-state index in [-0.39, 0.29) is 5.91 Å². The summed E-state index contributed by atoms with van der Waals surface area (Å²) in [5.74, 6) is 0.588. The first-order chi connectivity index (χ1) is 11.2. The zero-order valence-electron chi connectivity index (χ0n) is 13.0. The molecule has 3 rings (SSSR count). The summed E-state index contributed by atoms with van der Waals surface area (Å²) in [7, 11) is 0. The van der Waals surface area contributed by atoms with Gasteiger partial charge in [0, 0.05) is 23.5 Å². The Bertz CT molecular complexity index is 845. The van der Waals surface area contributed by atoms with Crippen LogP contribution in [0, 0.1) is 6.92 Å². The van der Waals surface area contributed by atoms with E-state index in [0.717, 1.165) is 16.7 Å². The topological polar surface area (TPSA) is 64.1 Å². The van der Waals surface area contributed by atoms with E-state index in [9.17, 15) is 4.79 Å². The fourth-order valence-corrected chi connectivity index (χ4v) is 2.34. The average Bonchev–Trinajstić information content (AvgIpc) is 2.56. The van der Waals surface area contributed by atoms with E-state index in [0.29, 0.717) is 23.6 Å². The third kappa shape index (κ3) is 3.29. The zero-order valence-corrected chi connectivity index (χ0v) is 13.0. The third-order valence-electron chi connectivity index (χ3n) is 3.47. The predicted molar refractivity (Wildman–Crippen MR) is 89.8 cm³/mol. The van der Waals surface area contributed by atoms with Crippen LogP contribution in [-0.2, 0) is 0 Å². The number of pyridine rings is 2. The molecule has 1 N–H and O–H groups in total. The predicted octanol–water partition coefficient (Wildman–Crippen LogP) is 3.59. The molecule has 23 heavy (non-hydrogen) atoms. The Kier molecular flexibility index (Phi) is 4.19. The summed E-state index contributed by atoms with van der Waals surface area (Å²) in [6.45, 7) is 4.37. The minimum Gasteiger partial charge on any atom is -0.494 e. The van der Waals surface area contributed by atoms with Crippen molar-refractivity contribution in [1.29, 1.82) is 0 Å². The van der Waals surface area contributed by atoms with E-state index in [2.05, 4.69) is 15.3 Å². The van der Waals surface area contributed by atoms with Gasteiger partial charge in [0.25, 0.3) is 5.91 Å². The highest BCUT2D eigenvalue weighted by Crippen LogP contribution is 2.19. The Morgan fingerprint density at radius 3 is 2.74 bits per heavy atom. The van der Waals surface area contributed by atoms with Crippen molar-refractivity contribution in [2.75, 3.05) is 11.9 Å². The second-order valence-electron chi connectivity index (χ2n) is 5.10. The number of ether oxygens (including phenoxy) is 1. The number of aromatic nitrogens is 2. The van der Waals surface area contributed by atoms with Gasteiger partial charge >= 0.3 is 0 Å². The molecule has 2 aromatic heterocycles. The van der Waals surface area contributed by atoms with Crippen LogP contribution in [0.1, 0.15) is 23.0 Å². The molecule has 0 spiro atoms. The van der Waals surface area contributed by atoms with Crippen LogP contribution in [0.5, 0.6) is 5.75 Å². The minimum atomic E-state index is -0.190. The average molecular weight is 307 g/mol. The van der Waals surface area contributed by atoms with Gasteiger partial charge < -0.3 is 10.1 Å². The Hall–Kier alpha value is -2.95. The van der Waals surface area contributed by atoms with E-state index in [1.165, 1.54) is 0 Å². The quantitative estimate of drug-likeness (QED) is 0.800. The minimum absolute atomic E-state index is 0.190. The number of aryl methyl sites for hydroxylation is 1. The maximum atomic E-state index is 12.5. The molecule has 116 valence electrons. The molecular weight excluding hydrogens is 290 g/mol. The van der Waals surface area contributed by atoms with Crippen LogP contribution in [0.4, 0.5) is 5.69 Å². The van der Waals surface area contributed by atoms with Crippen molar-refractivity contribution in [3.63, 3.8) is 0 Å². The number of benzene rings is 1. The van der Waals surface area contributed by atoms with Gasteiger partial charge in [-0.3, -0.25) is 14.8 Å². The molecule has 5 heteroatoms. The molecule has 0 unspecified atom stereocenters. The lowest BCUT2D eigenvalue weighted by atomic mass is 10.1. The molecule has 1 amide bonds. The lowest BCUT2D eigenvalue weighted by Gasteiger charge is -2.09. The normalized spacial score (nSPS) is 10.5. The SMILES string of the molecule is CCOc1ccc(NC(=O)c2cc3cnccc3nc2C)cc1. The molecule has 0 saturated carbocycles. The largest absolute Gasteiger partial charge is 0.494 e. The van der Waals surface area contributed by atoms with Gasteiger partial charge in [-0.15, -0.1) is 0 Å². The summed E-state index contributed by atoms with van der Waals surface area (Å²) in [6.07, 6.45) is 3.39. The number of rotatable bonds is 4. The van der Waals surface area contributed by atoms with Gasteiger partial charge in [-0.1, -0.05) is 0 Å². The van der Waals surface area contributed by atoms with E-state index < -0.39 is 0 Å². The van der Waals surface area contributed by atoms with Gasteiger partial charge in [-0.05, 0) is 50.2 Å². The standard InChI is InChI=1S/C18H17N3O2/c1-3-23-15-6-4-14(5-7-15)21-18(22)16-10-13-11-19-9-8-17(13)20-12(16)2/h4-11H,3H2,1-2H3,(H,21,22). The number of carbonyl (C=O) groups excluding carboxylic acids is 1. The highest BCUT2D eigenvalue weighted by Gasteiger charge is 2.12. The number of amides is 1. The second kappa shape index (κ2) is 6.44. The number of nitrogens with one attached hydrogen (secondary N) is 1. The van der Waals surface area contributed by atoms with Crippen LogP contribution in [0.15, 0.2) is 48.8 Å². The molecule has 2 heterocycles. The smallest absolute Gasteiger partial charge is 0.257 e. The lowest BCUT2D eigenvalue weighted by molar-refractivity contribution is 0.102. The molecule has 0 bridgehead atoms. The monoisotopic (exact) mass is 307 g/mol. The summed E-state index contributed by atoms with van der Waals surface area (Å²) in [4.78, 5) is 21.0. The molecule has 1 aromatic carbocycles. The van der Waals surface area contributed by atoms with Crippen LogP contribution >= 0.6 is 0 Å². The van der Waals surface area contributed by atoms with Crippen molar-refractivity contribution in [1.82, 2.24) is 9.97 Å². The highest BCUT2D eigenvalue weighted by atomic mass is 16.5. The summed E-state index contributed by atoms with van der Waals surface area (Å²) in [5, 5.41) is 3.72. The van der Waals surface area contributed by atoms with Gasteiger partial charge in [0.2, 0.25) is 0 Å². The molecule has 5 nitrogen and oxygen atoms in total. The first kappa shape index (κ1) is 15.0. The highest BCUT2D eigenvalue weighted by molar-refractivity contribution is 6.06. The first-order valence-corrected chi connectivity index (χ1v) is 7.43. The molecular formula is C18H17N3O2. The van der Waals surface area contributed by atoms with Crippen molar-refractivity contribution in [3.8, 4) is 5.75 Å². The molecule has 0 fully saturated rings. The van der Waals surface area contributed by atoms with Crippen molar-refractivity contribution in [2.24, 2.45) is 0 Å². The van der Waals surface area contributed by atoms with Gasteiger partial charge in [0.1, 0.15) is 5.75 Å². The fourth-order valence-electron chi connectivity index (χ4n) is 2.34. The Balaban J connectivity index is 1.84. The molecule has 0 aliphatic carbocycles. The van der Waals surface area contributed by atoms with Gasteiger partial charge in [0.05, 0.1) is 23.4 Å². The molecule has 3 aromatic rings. The number of carbonyl (C=O) groups is 1. The van der Waals surface area contributed by atoms with Crippen molar-refractivity contribution < 1.29 is 9.53 Å². The van der Waals surface area contributed by atoms with Gasteiger partial charge in [-0.25, -0.2) is 0 Å². The van der Waals surface area contributed by atoms with Crippen LogP contribution < -0.4 is 10.1 Å². The number of hydrogen-bond acceptors (Lipinski definition) is 4. The Morgan fingerprint density at radius 2 is 2.00 bits per heavy atom. The van der Waals surface area contributed by atoms with Crippen molar-refractivity contribution >= 4 is 22.5 Å². The number of hydrogen-bond donors (Lipinski definition) is 1. The number of nitrogens with zero attached hydrogens (tertiary/aromatic N) is 2. The third-order valence-corrected chi connectivity index (χ3v) is 3.47. The fraction of sp³-hybridized carbons (Fsp3) is 0.167. The van der Waals surface area contributed by atoms with Gasteiger partial charge in [0.15, 0.2) is 0 Å². The van der Waals surface area contributed by atoms with E-state index in [1.54, 1.807) is 12.4 Å². The van der Waals surface area contributed by atoms with E-state index in [1.807, 2.05) is 50.2 Å². The second-order valence-corrected chi connectivity index (χ2v) is 5.10. The maximum absolute atomic E-state index is 12.5. The summed E-state index contributed by atoms with van der Waals surface area (Å²) in [6, 6.07) is 10.9.